The van der Waals surface area contributed by atoms with E-state index in [1.165, 1.54) is 18.1 Å². The summed E-state index contributed by atoms with van der Waals surface area (Å²) in [6.07, 6.45) is 7.88. The van der Waals surface area contributed by atoms with Gasteiger partial charge in [-0.25, -0.2) is 0 Å². The number of carbonyl (C=O) groups excluding carboxylic acids is 1. The lowest BCUT2D eigenvalue weighted by Gasteiger charge is -2.35. The number of esters is 1. The van der Waals surface area contributed by atoms with Crippen LogP contribution in [0.25, 0.3) is 0 Å². The first-order valence-corrected chi connectivity index (χ1v) is 9.91. The van der Waals surface area contributed by atoms with Gasteiger partial charge in [0.05, 0.1) is 11.7 Å². The van der Waals surface area contributed by atoms with Gasteiger partial charge in [-0.2, -0.15) is 0 Å². The van der Waals surface area contributed by atoms with Gasteiger partial charge in [-0.1, -0.05) is 30.2 Å². The lowest BCUT2D eigenvalue weighted by Crippen LogP contribution is -2.42. The Morgan fingerprint density at radius 3 is 2.58 bits per heavy atom. The first-order valence-electron chi connectivity index (χ1n) is 9.91. The lowest BCUT2D eigenvalue weighted by molar-refractivity contribution is -0.163. The summed E-state index contributed by atoms with van der Waals surface area (Å²) in [6.45, 7) is 11.4. The lowest BCUT2D eigenvalue weighted by atomic mass is 9.77. The Kier molecular flexibility index (Phi) is 9.05. The maximum absolute atomic E-state index is 11.5. The van der Waals surface area contributed by atoms with Gasteiger partial charge < -0.3 is 14.9 Å². The molecule has 0 aromatic heterocycles. The highest BCUT2D eigenvalue weighted by Gasteiger charge is 2.35. The number of rotatable bonds is 9. The van der Waals surface area contributed by atoms with Crippen LogP contribution in [0.2, 0.25) is 0 Å². The smallest absolute Gasteiger partial charge is 0.303 e. The van der Waals surface area contributed by atoms with Crippen LogP contribution < -0.4 is 0 Å². The molecule has 1 rings (SSSR count). The molecule has 0 saturated carbocycles. The van der Waals surface area contributed by atoms with Gasteiger partial charge in [-0.3, -0.25) is 4.79 Å². The zero-order chi connectivity index (χ0) is 19.9. The molecule has 1 aliphatic carbocycles. The molecule has 4 nitrogen and oxygen atoms in total. The minimum atomic E-state index is -1.06. The number of carbonyl (C=O) groups is 1. The molecule has 0 radical (unpaired) electrons. The highest BCUT2D eigenvalue weighted by Crippen LogP contribution is 2.34. The maximum Gasteiger partial charge on any atom is 0.303 e. The highest BCUT2D eigenvalue weighted by atomic mass is 16.6. The second-order valence-electron chi connectivity index (χ2n) is 8.54. The average molecular weight is 367 g/mol. The fourth-order valence-corrected chi connectivity index (χ4v) is 3.82. The molecule has 5 atom stereocenters. The fourth-order valence-electron chi connectivity index (χ4n) is 3.82. The van der Waals surface area contributed by atoms with E-state index in [1.807, 2.05) is 19.9 Å². The molecule has 0 amide bonds. The van der Waals surface area contributed by atoms with Crippen LogP contribution >= 0.6 is 0 Å². The zero-order valence-corrected chi connectivity index (χ0v) is 17.4. The van der Waals surface area contributed by atoms with Crippen molar-refractivity contribution in [3.63, 3.8) is 0 Å². The summed E-state index contributed by atoms with van der Waals surface area (Å²) in [5.74, 6) is 0.176. The van der Waals surface area contributed by atoms with Crippen LogP contribution in [0, 0.1) is 11.8 Å². The molecule has 0 aliphatic heterocycles. The van der Waals surface area contributed by atoms with Gasteiger partial charge in [-0.05, 0) is 78.1 Å². The number of hydrogen-bond acceptors (Lipinski definition) is 4. The number of aliphatic hydroxyl groups excluding tert-OH is 1. The summed E-state index contributed by atoms with van der Waals surface area (Å²) in [5, 5.41) is 21.2. The molecule has 150 valence electrons. The van der Waals surface area contributed by atoms with E-state index in [1.54, 1.807) is 6.92 Å². The van der Waals surface area contributed by atoms with Gasteiger partial charge in [0.15, 0.2) is 0 Å². The van der Waals surface area contributed by atoms with E-state index in [-0.39, 0.29) is 11.9 Å². The third-order valence-electron chi connectivity index (χ3n) is 5.59. The zero-order valence-electron chi connectivity index (χ0n) is 17.4. The van der Waals surface area contributed by atoms with Crippen LogP contribution in [0.5, 0.6) is 0 Å². The van der Waals surface area contributed by atoms with E-state index >= 15 is 0 Å². The fraction of sp³-hybridized carbons (Fsp3) is 0.773. The third kappa shape index (κ3) is 7.63. The number of hydrogen-bond donors (Lipinski definition) is 2. The van der Waals surface area contributed by atoms with Crippen molar-refractivity contribution >= 4 is 5.97 Å². The summed E-state index contributed by atoms with van der Waals surface area (Å²) in [7, 11) is 0. The van der Waals surface area contributed by atoms with Crippen molar-refractivity contribution in [2.45, 2.75) is 97.9 Å². The highest BCUT2D eigenvalue weighted by molar-refractivity contribution is 5.66. The van der Waals surface area contributed by atoms with Crippen molar-refractivity contribution in [3.8, 4) is 0 Å². The van der Waals surface area contributed by atoms with E-state index in [0.717, 1.165) is 25.7 Å². The molecule has 26 heavy (non-hydrogen) atoms. The van der Waals surface area contributed by atoms with Crippen molar-refractivity contribution in [1.82, 2.24) is 0 Å². The molecule has 4 heteroatoms. The second kappa shape index (κ2) is 10.3. The van der Waals surface area contributed by atoms with Gasteiger partial charge in [0, 0.05) is 6.92 Å². The summed E-state index contributed by atoms with van der Waals surface area (Å²) >= 11 is 0. The van der Waals surface area contributed by atoms with Crippen molar-refractivity contribution < 1.29 is 19.7 Å². The Balaban J connectivity index is 2.69. The van der Waals surface area contributed by atoms with E-state index in [0.29, 0.717) is 18.8 Å². The number of allylic oxidation sites excluding steroid dienone is 3. The first-order chi connectivity index (χ1) is 12.0. The molecule has 0 saturated heterocycles. The van der Waals surface area contributed by atoms with Crippen molar-refractivity contribution in [2.24, 2.45) is 11.8 Å². The molecular formula is C22H38O4. The van der Waals surface area contributed by atoms with Gasteiger partial charge in [0.25, 0.3) is 0 Å². The van der Waals surface area contributed by atoms with E-state index in [2.05, 4.69) is 19.9 Å². The minimum Gasteiger partial charge on any atom is -0.460 e. The third-order valence-corrected chi connectivity index (χ3v) is 5.59. The van der Waals surface area contributed by atoms with Gasteiger partial charge in [-0.15, -0.1) is 0 Å². The summed E-state index contributed by atoms with van der Waals surface area (Å²) in [4.78, 5) is 11.5. The SMILES string of the molecule is CC(=O)O[C@@H](CC[C@@H](C)[C@@H]1CCC(C)=C[C@H]1O)[C@](C)(O)CCC=C(C)C. The quantitative estimate of drug-likeness (QED) is 0.464. The predicted octanol–water partition coefficient (Wildman–Crippen LogP) is 4.55. The van der Waals surface area contributed by atoms with Crippen molar-refractivity contribution in [1.29, 1.82) is 0 Å². The van der Waals surface area contributed by atoms with Crippen LogP contribution in [0.1, 0.15) is 80.1 Å². The van der Waals surface area contributed by atoms with Gasteiger partial charge in [0.1, 0.15) is 6.10 Å². The minimum absolute atomic E-state index is 0.229. The predicted molar refractivity (Wildman–Crippen MR) is 106 cm³/mol. The molecule has 0 aromatic rings. The van der Waals surface area contributed by atoms with Crippen LogP contribution in [0.4, 0.5) is 0 Å². The van der Waals surface area contributed by atoms with Crippen LogP contribution in [-0.2, 0) is 9.53 Å². The second-order valence-corrected chi connectivity index (χ2v) is 8.54. The molecule has 0 spiro atoms. The maximum atomic E-state index is 11.5. The monoisotopic (exact) mass is 366 g/mol. The largest absolute Gasteiger partial charge is 0.460 e. The van der Waals surface area contributed by atoms with Crippen LogP contribution in [0.15, 0.2) is 23.3 Å². The Labute approximate surface area is 159 Å². The standard InChI is InChI=1S/C22H38O4/c1-15(2)8-7-13-22(6,25)21(26-18(5)23)12-10-17(4)19-11-9-16(3)14-20(19)24/h8,14,17,19-21,24-25H,7,9-13H2,1-6H3/t17-,19+,20-,21+,22-/m1/s1. The number of ether oxygens (including phenoxy) is 1. The van der Waals surface area contributed by atoms with Gasteiger partial charge >= 0.3 is 5.97 Å². The normalized spacial score (nSPS) is 24.8. The Morgan fingerprint density at radius 1 is 1.38 bits per heavy atom. The molecule has 0 fully saturated rings. The van der Waals surface area contributed by atoms with Gasteiger partial charge in [0.2, 0.25) is 0 Å². The van der Waals surface area contributed by atoms with E-state index in [9.17, 15) is 15.0 Å². The van der Waals surface area contributed by atoms with Crippen LogP contribution in [-0.4, -0.2) is 34.0 Å². The topological polar surface area (TPSA) is 66.8 Å². The van der Waals surface area contributed by atoms with Crippen LogP contribution in [0.3, 0.4) is 0 Å². The Bertz CT molecular complexity index is 514. The van der Waals surface area contributed by atoms with Crippen molar-refractivity contribution in [2.75, 3.05) is 0 Å². The molecule has 0 bridgehead atoms. The van der Waals surface area contributed by atoms with E-state index < -0.39 is 17.8 Å². The molecule has 2 N–H and O–H groups in total. The number of aliphatic hydroxyl groups is 2. The van der Waals surface area contributed by atoms with E-state index in [4.69, 9.17) is 4.74 Å². The summed E-state index contributed by atoms with van der Waals surface area (Å²) in [6, 6.07) is 0. The Hall–Kier alpha value is -1.13. The molecule has 0 unspecified atom stereocenters. The Morgan fingerprint density at radius 2 is 2.04 bits per heavy atom. The molecule has 0 aromatic carbocycles. The summed E-state index contributed by atoms with van der Waals surface area (Å²) < 4.78 is 5.47. The molecular weight excluding hydrogens is 328 g/mol. The summed E-state index contributed by atoms with van der Waals surface area (Å²) in [5.41, 5.74) is 1.41. The molecule has 0 heterocycles. The van der Waals surface area contributed by atoms with Crippen molar-refractivity contribution in [3.05, 3.63) is 23.3 Å². The average Bonchev–Trinajstić information content (AvgIpc) is 2.50. The first kappa shape index (κ1) is 22.9. The molecule has 1 aliphatic rings.